The molecule has 0 atom stereocenters. The molecule has 0 radical (unpaired) electrons. The maximum atomic E-state index is 13.5. The highest BCUT2D eigenvalue weighted by atomic mass is 19.1. The number of ether oxygens (including phenoxy) is 1. The Kier molecular flexibility index (Phi) is 4.06. The molecule has 0 unspecified atom stereocenters. The van der Waals surface area contributed by atoms with Crippen LogP contribution in [0.2, 0.25) is 0 Å². The Morgan fingerprint density at radius 1 is 1.33 bits per heavy atom. The molecule has 1 aromatic rings. The van der Waals surface area contributed by atoms with Gasteiger partial charge in [-0.25, -0.2) is 9.18 Å². The Hall–Kier alpha value is -1.91. The molecule has 0 heterocycles. The maximum Gasteiger partial charge on any atom is 0.330 e. The molecule has 1 N–H and O–H groups in total. The standard InChI is InChI=1S/C13H16FNO3/c1-8-5-6-10(14)9(7-8)11(16)15-13(2,3)12(17)18-4/h5-7H,1-4H3,(H,15,16). The van der Waals surface area contributed by atoms with Gasteiger partial charge in [-0.05, 0) is 32.9 Å². The molecule has 0 aliphatic heterocycles. The topological polar surface area (TPSA) is 55.4 Å². The average Bonchev–Trinajstić information content (AvgIpc) is 2.30. The van der Waals surface area contributed by atoms with Crippen LogP contribution in [0.25, 0.3) is 0 Å². The molecular weight excluding hydrogens is 237 g/mol. The van der Waals surface area contributed by atoms with Gasteiger partial charge in [0.25, 0.3) is 5.91 Å². The van der Waals surface area contributed by atoms with E-state index in [9.17, 15) is 14.0 Å². The molecule has 0 fully saturated rings. The first-order chi connectivity index (χ1) is 8.27. The molecule has 0 saturated carbocycles. The number of methoxy groups -OCH3 is 1. The molecule has 4 nitrogen and oxygen atoms in total. The first-order valence-electron chi connectivity index (χ1n) is 5.45. The van der Waals surface area contributed by atoms with Crippen LogP contribution in [0, 0.1) is 12.7 Å². The van der Waals surface area contributed by atoms with Gasteiger partial charge in [-0.3, -0.25) is 4.79 Å². The molecule has 1 rings (SSSR count). The third-order valence-corrected chi connectivity index (χ3v) is 2.49. The summed E-state index contributed by atoms with van der Waals surface area (Å²) in [4.78, 5) is 23.3. The Balaban J connectivity index is 2.95. The lowest BCUT2D eigenvalue weighted by Crippen LogP contribution is -2.50. The van der Waals surface area contributed by atoms with Crippen LogP contribution in [0.3, 0.4) is 0 Å². The number of hydrogen-bond donors (Lipinski definition) is 1. The molecule has 0 aromatic heterocycles. The monoisotopic (exact) mass is 253 g/mol. The van der Waals surface area contributed by atoms with E-state index in [1.165, 1.54) is 33.1 Å². The average molecular weight is 253 g/mol. The summed E-state index contributed by atoms with van der Waals surface area (Å²) < 4.78 is 18.1. The Morgan fingerprint density at radius 2 is 1.94 bits per heavy atom. The fourth-order valence-corrected chi connectivity index (χ4v) is 1.47. The van der Waals surface area contributed by atoms with Crippen LogP contribution in [0.1, 0.15) is 29.8 Å². The number of carbonyl (C=O) groups is 2. The van der Waals surface area contributed by atoms with E-state index >= 15 is 0 Å². The predicted octanol–water partition coefficient (Wildman–Crippen LogP) is 1.82. The van der Waals surface area contributed by atoms with E-state index < -0.39 is 23.2 Å². The number of rotatable bonds is 3. The molecule has 0 aliphatic rings. The molecule has 1 amide bonds. The van der Waals surface area contributed by atoms with Crippen LogP contribution in [0.5, 0.6) is 0 Å². The van der Waals surface area contributed by atoms with E-state index in [4.69, 9.17) is 0 Å². The summed E-state index contributed by atoms with van der Waals surface area (Å²) in [6.45, 7) is 4.73. The summed E-state index contributed by atoms with van der Waals surface area (Å²) in [5.41, 5.74) is -0.536. The minimum Gasteiger partial charge on any atom is -0.467 e. The van der Waals surface area contributed by atoms with E-state index in [0.29, 0.717) is 0 Å². The largest absolute Gasteiger partial charge is 0.467 e. The zero-order chi connectivity index (χ0) is 13.9. The summed E-state index contributed by atoms with van der Waals surface area (Å²) in [6.07, 6.45) is 0. The number of nitrogens with one attached hydrogen (secondary N) is 1. The van der Waals surface area contributed by atoms with Crippen molar-refractivity contribution in [3.8, 4) is 0 Å². The van der Waals surface area contributed by atoms with Gasteiger partial charge in [-0.2, -0.15) is 0 Å². The van der Waals surface area contributed by atoms with Crippen molar-refractivity contribution in [3.63, 3.8) is 0 Å². The van der Waals surface area contributed by atoms with Gasteiger partial charge in [0.2, 0.25) is 0 Å². The first kappa shape index (κ1) is 14.2. The second-order valence-corrected chi connectivity index (χ2v) is 4.55. The van der Waals surface area contributed by atoms with Gasteiger partial charge in [0.15, 0.2) is 0 Å². The normalized spacial score (nSPS) is 10.9. The fraction of sp³-hybridized carbons (Fsp3) is 0.385. The quantitative estimate of drug-likeness (QED) is 0.836. The van der Waals surface area contributed by atoms with E-state index in [-0.39, 0.29) is 5.56 Å². The molecule has 1 aromatic carbocycles. The van der Waals surface area contributed by atoms with Crippen molar-refractivity contribution in [3.05, 3.63) is 35.1 Å². The molecule has 0 aliphatic carbocycles. The Morgan fingerprint density at radius 3 is 2.50 bits per heavy atom. The van der Waals surface area contributed by atoms with Gasteiger partial charge in [-0.15, -0.1) is 0 Å². The van der Waals surface area contributed by atoms with Gasteiger partial charge in [0.1, 0.15) is 11.4 Å². The third kappa shape index (κ3) is 3.06. The number of aryl methyl sites for hydroxylation is 1. The molecule has 5 heteroatoms. The zero-order valence-electron chi connectivity index (χ0n) is 10.8. The van der Waals surface area contributed by atoms with Crippen LogP contribution < -0.4 is 5.32 Å². The molecular formula is C13H16FNO3. The van der Waals surface area contributed by atoms with Crippen LogP contribution in [-0.2, 0) is 9.53 Å². The summed E-state index contributed by atoms with van der Waals surface area (Å²) >= 11 is 0. The minimum atomic E-state index is -1.21. The fourth-order valence-electron chi connectivity index (χ4n) is 1.47. The number of carbonyl (C=O) groups excluding carboxylic acids is 2. The lowest BCUT2D eigenvalue weighted by Gasteiger charge is -2.23. The van der Waals surface area contributed by atoms with Crippen molar-refractivity contribution in [2.45, 2.75) is 26.3 Å². The molecule has 18 heavy (non-hydrogen) atoms. The highest BCUT2D eigenvalue weighted by molar-refractivity contribution is 5.98. The summed E-state index contributed by atoms with van der Waals surface area (Å²) in [6, 6.07) is 4.21. The van der Waals surface area contributed by atoms with E-state index in [2.05, 4.69) is 10.1 Å². The van der Waals surface area contributed by atoms with Gasteiger partial charge >= 0.3 is 5.97 Å². The van der Waals surface area contributed by atoms with E-state index in [1.807, 2.05) is 0 Å². The zero-order valence-corrected chi connectivity index (χ0v) is 10.8. The van der Waals surface area contributed by atoms with Gasteiger partial charge in [-0.1, -0.05) is 11.6 Å². The smallest absolute Gasteiger partial charge is 0.330 e. The number of halogens is 1. The number of esters is 1. The molecule has 0 spiro atoms. The second-order valence-electron chi connectivity index (χ2n) is 4.55. The predicted molar refractivity (Wildman–Crippen MR) is 64.7 cm³/mol. The SMILES string of the molecule is COC(=O)C(C)(C)NC(=O)c1cc(C)ccc1F. The molecule has 98 valence electrons. The third-order valence-electron chi connectivity index (χ3n) is 2.49. The lowest BCUT2D eigenvalue weighted by molar-refractivity contribution is -0.146. The van der Waals surface area contributed by atoms with Gasteiger partial charge in [0, 0.05) is 0 Å². The van der Waals surface area contributed by atoms with Crippen molar-refractivity contribution in [1.82, 2.24) is 5.32 Å². The number of amides is 1. The minimum absolute atomic E-state index is 0.0908. The summed E-state index contributed by atoms with van der Waals surface area (Å²) in [5.74, 6) is -1.87. The van der Waals surface area contributed by atoms with Crippen molar-refractivity contribution < 1.29 is 18.7 Å². The van der Waals surface area contributed by atoms with Crippen molar-refractivity contribution >= 4 is 11.9 Å². The van der Waals surface area contributed by atoms with Crippen LogP contribution in [0.15, 0.2) is 18.2 Å². The Labute approximate surface area is 105 Å². The Bertz CT molecular complexity index is 483. The number of hydrogen-bond acceptors (Lipinski definition) is 3. The summed E-state index contributed by atoms with van der Waals surface area (Å²) in [5, 5.41) is 2.44. The summed E-state index contributed by atoms with van der Waals surface area (Å²) in [7, 11) is 1.23. The van der Waals surface area contributed by atoms with E-state index in [1.54, 1.807) is 13.0 Å². The molecule has 0 saturated heterocycles. The van der Waals surface area contributed by atoms with Crippen LogP contribution in [-0.4, -0.2) is 24.5 Å². The van der Waals surface area contributed by atoms with Crippen LogP contribution >= 0.6 is 0 Å². The number of benzene rings is 1. The lowest BCUT2D eigenvalue weighted by atomic mass is 10.0. The van der Waals surface area contributed by atoms with Crippen molar-refractivity contribution in [1.29, 1.82) is 0 Å². The highest BCUT2D eigenvalue weighted by Gasteiger charge is 2.31. The maximum absolute atomic E-state index is 13.5. The van der Waals surface area contributed by atoms with Crippen molar-refractivity contribution in [2.24, 2.45) is 0 Å². The molecule has 0 bridgehead atoms. The van der Waals surface area contributed by atoms with E-state index in [0.717, 1.165) is 5.56 Å². The van der Waals surface area contributed by atoms with Gasteiger partial charge < -0.3 is 10.1 Å². The first-order valence-corrected chi connectivity index (χ1v) is 5.45. The van der Waals surface area contributed by atoms with Crippen molar-refractivity contribution in [2.75, 3.05) is 7.11 Å². The second kappa shape index (κ2) is 5.16. The highest BCUT2D eigenvalue weighted by Crippen LogP contribution is 2.12. The van der Waals surface area contributed by atoms with Gasteiger partial charge in [0.05, 0.1) is 12.7 Å². The van der Waals surface area contributed by atoms with Crippen LogP contribution in [0.4, 0.5) is 4.39 Å².